The van der Waals surface area contributed by atoms with Crippen LogP contribution in [0.25, 0.3) is 0 Å². The zero-order valence-electron chi connectivity index (χ0n) is 17.6. The van der Waals surface area contributed by atoms with Crippen LogP contribution in [0.2, 0.25) is 0 Å². The molecular weight excluding hydrogens is 386 g/mol. The van der Waals surface area contributed by atoms with Crippen LogP contribution in [-0.2, 0) is 11.2 Å². The van der Waals surface area contributed by atoms with Gasteiger partial charge in [-0.15, -0.1) is 10.2 Å². The molecule has 8 nitrogen and oxygen atoms in total. The number of nitrogens with zero attached hydrogens (tertiary/aromatic N) is 6. The van der Waals surface area contributed by atoms with E-state index in [0.29, 0.717) is 16.8 Å². The van der Waals surface area contributed by atoms with E-state index in [1.807, 2.05) is 43.0 Å². The third-order valence-corrected chi connectivity index (χ3v) is 5.67. The van der Waals surface area contributed by atoms with E-state index in [2.05, 4.69) is 27.4 Å². The van der Waals surface area contributed by atoms with Gasteiger partial charge in [0.1, 0.15) is 10.8 Å². The van der Waals surface area contributed by atoms with E-state index in [1.54, 1.807) is 6.08 Å². The van der Waals surface area contributed by atoms with Crippen LogP contribution in [0.5, 0.6) is 0 Å². The summed E-state index contributed by atoms with van der Waals surface area (Å²) in [5.41, 5.74) is 0.860. The van der Waals surface area contributed by atoms with E-state index in [1.165, 1.54) is 11.3 Å². The largest absolute Gasteiger partial charge is 0.329 e. The average Bonchev–Trinajstić information content (AvgIpc) is 3.14. The number of aryl methyl sites for hydroxylation is 2. The summed E-state index contributed by atoms with van der Waals surface area (Å²) in [5.74, 6) is 1.39. The van der Waals surface area contributed by atoms with Gasteiger partial charge >= 0.3 is 0 Å². The molecule has 1 saturated heterocycles. The van der Waals surface area contributed by atoms with Gasteiger partial charge in [0.05, 0.1) is 6.04 Å². The number of piperidine rings is 1. The maximum absolute atomic E-state index is 12.8. The molecule has 0 saturated carbocycles. The second-order valence-electron chi connectivity index (χ2n) is 7.44. The molecular formula is C20H29N7OS. The van der Waals surface area contributed by atoms with E-state index >= 15 is 0 Å². The first-order valence-electron chi connectivity index (χ1n) is 10.0. The smallest absolute Gasteiger partial charge is 0.246 e. The lowest BCUT2D eigenvalue weighted by atomic mass is 10.0. The number of likely N-dealkylation sites (tertiary alicyclic amines) is 1. The molecule has 156 valence electrons. The summed E-state index contributed by atoms with van der Waals surface area (Å²) in [6.45, 7) is 5.46. The fourth-order valence-electron chi connectivity index (χ4n) is 3.28. The first-order chi connectivity index (χ1) is 14.0. The zero-order chi connectivity index (χ0) is 20.8. The molecule has 1 aliphatic rings. The van der Waals surface area contributed by atoms with Crippen LogP contribution < -0.4 is 5.32 Å². The molecule has 2 aromatic rings. The van der Waals surface area contributed by atoms with Crippen LogP contribution in [0.4, 0.5) is 10.9 Å². The fourth-order valence-corrected chi connectivity index (χ4v) is 3.97. The number of nitrogens with one attached hydrogen (secondary N) is 1. The Bertz CT molecular complexity index is 864. The maximum Gasteiger partial charge on any atom is 0.246 e. The highest BCUT2D eigenvalue weighted by molar-refractivity contribution is 7.15. The van der Waals surface area contributed by atoms with Gasteiger partial charge in [-0.25, -0.2) is 9.97 Å². The Morgan fingerprint density at radius 3 is 2.90 bits per heavy atom. The van der Waals surface area contributed by atoms with Crippen LogP contribution in [0.3, 0.4) is 0 Å². The van der Waals surface area contributed by atoms with E-state index in [0.717, 1.165) is 49.5 Å². The van der Waals surface area contributed by atoms with E-state index in [-0.39, 0.29) is 11.9 Å². The van der Waals surface area contributed by atoms with Gasteiger partial charge < -0.3 is 15.1 Å². The van der Waals surface area contributed by atoms with Crippen molar-refractivity contribution in [1.82, 2.24) is 30.0 Å². The van der Waals surface area contributed by atoms with Gasteiger partial charge in [-0.2, -0.15) is 0 Å². The highest BCUT2D eigenvalue weighted by Gasteiger charge is 2.29. The predicted octanol–water partition coefficient (Wildman–Crippen LogP) is 3.11. The topological polar surface area (TPSA) is 87.1 Å². The number of aromatic nitrogens is 4. The third kappa shape index (κ3) is 5.80. The molecule has 0 spiro atoms. The van der Waals surface area contributed by atoms with Crippen molar-refractivity contribution in [3.8, 4) is 0 Å². The van der Waals surface area contributed by atoms with Crippen LogP contribution in [0, 0.1) is 6.92 Å². The lowest BCUT2D eigenvalue weighted by Crippen LogP contribution is -2.38. The highest BCUT2D eigenvalue weighted by Crippen LogP contribution is 2.30. The first-order valence-corrected chi connectivity index (χ1v) is 10.8. The van der Waals surface area contributed by atoms with Crippen molar-refractivity contribution in [2.24, 2.45) is 0 Å². The van der Waals surface area contributed by atoms with Crippen molar-refractivity contribution in [3.05, 3.63) is 34.7 Å². The fraction of sp³-hybridized carbons (Fsp3) is 0.550. The van der Waals surface area contributed by atoms with Crippen molar-refractivity contribution in [3.63, 3.8) is 0 Å². The number of hydrogen-bond donors (Lipinski definition) is 1. The van der Waals surface area contributed by atoms with Crippen molar-refractivity contribution < 1.29 is 4.79 Å². The number of carbonyl (C=O) groups is 1. The summed E-state index contributed by atoms with van der Waals surface area (Å²) in [6.07, 6.45) is 7.36. The van der Waals surface area contributed by atoms with E-state index in [4.69, 9.17) is 4.98 Å². The van der Waals surface area contributed by atoms with Crippen LogP contribution >= 0.6 is 11.3 Å². The Hall–Kier alpha value is -2.39. The highest BCUT2D eigenvalue weighted by atomic mass is 32.1. The Labute approximate surface area is 176 Å². The number of amides is 1. The number of hydrogen-bond acceptors (Lipinski definition) is 8. The van der Waals surface area contributed by atoms with Crippen LogP contribution in [0.15, 0.2) is 18.2 Å². The molecule has 3 rings (SSSR count). The van der Waals surface area contributed by atoms with Crippen molar-refractivity contribution in [2.75, 3.05) is 32.5 Å². The normalized spacial score (nSPS) is 17.3. The molecule has 3 heterocycles. The summed E-state index contributed by atoms with van der Waals surface area (Å²) >= 11 is 1.52. The number of likely N-dealkylation sites (N-methyl/N-ethyl adjacent to an activating group) is 1. The van der Waals surface area contributed by atoms with E-state index in [9.17, 15) is 4.79 Å². The molecule has 29 heavy (non-hydrogen) atoms. The number of carbonyl (C=O) groups excluding carboxylic acids is 1. The molecule has 1 N–H and O–H groups in total. The van der Waals surface area contributed by atoms with Crippen molar-refractivity contribution in [2.45, 2.75) is 45.6 Å². The Balaban J connectivity index is 1.80. The molecule has 1 atom stereocenters. The SMILES string of the molecule is CCc1nnc(Nc2cc(C)nc([C@H]3CCCCN3C(=O)/C=C/CN(C)C)n2)s1. The van der Waals surface area contributed by atoms with Crippen molar-refractivity contribution in [1.29, 1.82) is 0 Å². The summed E-state index contributed by atoms with van der Waals surface area (Å²) < 4.78 is 0. The Morgan fingerprint density at radius 2 is 2.17 bits per heavy atom. The molecule has 0 aromatic carbocycles. The molecule has 0 unspecified atom stereocenters. The Kier molecular flexibility index (Phi) is 7.27. The quantitative estimate of drug-likeness (QED) is 0.695. The van der Waals surface area contributed by atoms with Gasteiger partial charge in [-0.05, 0) is 46.7 Å². The standard InChI is InChI=1S/C20H29N7OS/c1-5-17-24-25-20(29-17)23-16-13-14(2)21-19(22-16)15-9-6-7-12-27(15)18(28)10-8-11-26(3)4/h8,10,13,15H,5-7,9,11-12H2,1-4H3,(H,21,22,23,25)/b10-8+/t15-/m1/s1. The Morgan fingerprint density at radius 1 is 1.34 bits per heavy atom. The van der Waals surface area contributed by atoms with Gasteiger partial charge in [0.2, 0.25) is 11.0 Å². The van der Waals surface area contributed by atoms with Gasteiger partial charge in [0.25, 0.3) is 0 Å². The minimum atomic E-state index is -0.110. The molecule has 0 bridgehead atoms. The molecule has 9 heteroatoms. The molecule has 0 aliphatic carbocycles. The molecule has 1 aliphatic heterocycles. The monoisotopic (exact) mass is 415 g/mol. The molecule has 1 amide bonds. The number of anilines is 2. The second kappa shape index (κ2) is 9.89. The summed E-state index contributed by atoms with van der Waals surface area (Å²) in [5, 5.41) is 13.2. The van der Waals surface area contributed by atoms with Gasteiger partial charge in [0.15, 0.2) is 5.82 Å². The summed E-state index contributed by atoms with van der Waals surface area (Å²) in [4.78, 5) is 26.1. The second-order valence-corrected chi connectivity index (χ2v) is 8.50. The summed E-state index contributed by atoms with van der Waals surface area (Å²) in [7, 11) is 3.96. The van der Waals surface area contributed by atoms with Gasteiger partial charge in [-0.3, -0.25) is 4.79 Å². The average molecular weight is 416 g/mol. The molecule has 2 aromatic heterocycles. The van der Waals surface area contributed by atoms with Gasteiger partial charge in [0, 0.05) is 30.9 Å². The van der Waals surface area contributed by atoms with Crippen LogP contribution in [-0.4, -0.2) is 63.1 Å². The maximum atomic E-state index is 12.8. The van der Waals surface area contributed by atoms with Gasteiger partial charge in [-0.1, -0.05) is 24.3 Å². The first kappa shape index (κ1) is 21.3. The third-order valence-electron chi connectivity index (χ3n) is 4.69. The molecule has 0 radical (unpaired) electrons. The minimum Gasteiger partial charge on any atom is -0.329 e. The molecule has 1 fully saturated rings. The predicted molar refractivity (Wildman–Crippen MR) is 115 cm³/mol. The lowest BCUT2D eigenvalue weighted by Gasteiger charge is -2.34. The number of rotatable bonds is 7. The van der Waals surface area contributed by atoms with Crippen molar-refractivity contribution >= 4 is 28.2 Å². The van der Waals surface area contributed by atoms with Crippen LogP contribution in [0.1, 0.15) is 48.8 Å². The minimum absolute atomic E-state index is 0.0212. The summed E-state index contributed by atoms with van der Waals surface area (Å²) in [6, 6.07) is 1.78. The van der Waals surface area contributed by atoms with E-state index < -0.39 is 0 Å². The zero-order valence-corrected chi connectivity index (χ0v) is 18.4. The lowest BCUT2D eigenvalue weighted by molar-refractivity contribution is -0.129.